The zero-order chi connectivity index (χ0) is 12.4. The van der Waals surface area contributed by atoms with Crippen LogP contribution in [0.3, 0.4) is 0 Å². The number of primary amides is 1. The lowest BCUT2D eigenvalue weighted by molar-refractivity contribution is 0.0999. The summed E-state index contributed by atoms with van der Waals surface area (Å²) in [7, 11) is 0. The van der Waals surface area contributed by atoms with Crippen LogP contribution in [0.1, 0.15) is 17.3 Å². The molecule has 4 nitrogen and oxygen atoms in total. The number of amides is 1. The van der Waals surface area contributed by atoms with Gasteiger partial charge >= 0.3 is 0 Å². The molecule has 0 aliphatic carbocycles. The van der Waals surface area contributed by atoms with E-state index in [1.165, 1.54) is 0 Å². The molecular formula is C11H16INO3. The second-order valence-corrected chi connectivity index (χ2v) is 3.93. The summed E-state index contributed by atoms with van der Waals surface area (Å²) in [6.45, 7) is 3.20. The van der Waals surface area contributed by atoms with E-state index in [9.17, 15) is 4.79 Å². The third-order valence-electron chi connectivity index (χ3n) is 1.58. The van der Waals surface area contributed by atoms with Crippen LogP contribution in [0.25, 0.3) is 0 Å². The van der Waals surface area contributed by atoms with Crippen LogP contribution in [-0.4, -0.2) is 30.8 Å². The van der Waals surface area contributed by atoms with Gasteiger partial charge in [-0.05, 0) is 41.6 Å². The number of ether oxygens (including phenoxy) is 1. The van der Waals surface area contributed by atoms with Crippen LogP contribution in [-0.2, 0) is 4.74 Å². The first-order valence-electron chi connectivity index (χ1n) is 4.86. The Kier molecular flexibility index (Phi) is 9.16. The molecule has 0 saturated heterocycles. The molecule has 5 heteroatoms. The Bertz CT molecular complexity index is 314. The minimum Gasteiger partial charge on any atom is -0.394 e. The summed E-state index contributed by atoms with van der Waals surface area (Å²) in [6, 6.07) is 7.22. The molecule has 0 bridgehead atoms. The van der Waals surface area contributed by atoms with E-state index in [-0.39, 0.29) is 12.5 Å². The third-order valence-corrected chi connectivity index (χ3v) is 2.52. The van der Waals surface area contributed by atoms with Crippen molar-refractivity contribution in [3.8, 4) is 0 Å². The number of nitrogens with two attached hydrogens (primary N) is 1. The van der Waals surface area contributed by atoms with Gasteiger partial charge in [0.25, 0.3) is 0 Å². The normalized spacial score (nSPS) is 9.19. The van der Waals surface area contributed by atoms with Crippen molar-refractivity contribution in [3.05, 3.63) is 33.4 Å². The average molecular weight is 337 g/mol. The van der Waals surface area contributed by atoms with E-state index < -0.39 is 0 Å². The van der Waals surface area contributed by atoms with E-state index in [0.717, 1.165) is 3.57 Å². The molecule has 1 aromatic carbocycles. The molecule has 3 N–H and O–H groups in total. The molecule has 1 rings (SSSR count). The van der Waals surface area contributed by atoms with Crippen LogP contribution in [0, 0.1) is 3.57 Å². The molecule has 0 aliphatic heterocycles. The molecule has 0 radical (unpaired) electrons. The number of aliphatic hydroxyl groups is 1. The second kappa shape index (κ2) is 9.56. The number of carbonyl (C=O) groups excluding carboxylic acids is 1. The molecule has 0 fully saturated rings. The highest BCUT2D eigenvalue weighted by atomic mass is 127. The minimum atomic E-state index is -0.370. The third kappa shape index (κ3) is 6.76. The lowest BCUT2D eigenvalue weighted by Crippen LogP contribution is -2.12. The first kappa shape index (κ1) is 15.3. The number of carbonyl (C=O) groups is 1. The molecule has 0 atom stereocenters. The van der Waals surface area contributed by atoms with Crippen molar-refractivity contribution in [2.75, 3.05) is 19.8 Å². The lowest BCUT2D eigenvalue weighted by atomic mass is 10.2. The zero-order valence-electron chi connectivity index (χ0n) is 9.15. The SMILES string of the molecule is CCOCCO.NC(=O)c1ccccc1I. The summed E-state index contributed by atoms with van der Waals surface area (Å²) < 4.78 is 5.63. The first-order chi connectivity index (χ1) is 7.63. The van der Waals surface area contributed by atoms with Crippen molar-refractivity contribution in [2.45, 2.75) is 6.92 Å². The molecule has 0 heterocycles. The van der Waals surface area contributed by atoms with Gasteiger partial charge in [-0.15, -0.1) is 0 Å². The van der Waals surface area contributed by atoms with Crippen LogP contribution in [0.2, 0.25) is 0 Å². The number of rotatable bonds is 4. The Balaban J connectivity index is 0.000000325. The standard InChI is InChI=1S/C7H6INO.C4H10O2/c8-6-4-2-1-3-5(6)7(9)10;1-2-6-4-3-5/h1-4H,(H2,9,10);5H,2-4H2,1H3. The molecule has 0 aliphatic rings. The Morgan fingerprint density at radius 1 is 1.50 bits per heavy atom. The topological polar surface area (TPSA) is 72.6 Å². The Morgan fingerprint density at radius 3 is 2.44 bits per heavy atom. The van der Waals surface area contributed by atoms with Gasteiger partial charge in [0.15, 0.2) is 0 Å². The van der Waals surface area contributed by atoms with Crippen molar-refractivity contribution < 1.29 is 14.6 Å². The van der Waals surface area contributed by atoms with Crippen molar-refractivity contribution in [2.24, 2.45) is 5.73 Å². The van der Waals surface area contributed by atoms with Crippen molar-refractivity contribution in [1.29, 1.82) is 0 Å². The van der Waals surface area contributed by atoms with Gasteiger partial charge in [0, 0.05) is 10.2 Å². The summed E-state index contributed by atoms with van der Waals surface area (Å²) in [4.78, 5) is 10.6. The fourth-order valence-electron chi connectivity index (χ4n) is 0.870. The van der Waals surface area contributed by atoms with Crippen LogP contribution >= 0.6 is 22.6 Å². The van der Waals surface area contributed by atoms with Crippen molar-refractivity contribution in [3.63, 3.8) is 0 Å². The largest absolute Gasteiger partial charge is 0.394 e. The lowest BCUT2D eigenvalue weighted by Gasteiger charge is -1.95. The number of hydrogen-bond acceptors (Lipinski definition) is 3. The average Bonchev–Trinajstić information content (AvgIpc) is 2.27. The maximum Gasteiger partial charge on any atom is 0.249 e. The maximum atomic E-state index is 10.6. The van der Waals surface area contributed by atoms with Crippen LogP contribution in [0.15, 0.2) is 24.3 Å². The van der Waals surface area contributed by atoms with Gasteiger partial charge in [0.1, 0.15) is 0 Å². The van der Waals surface area contributed by atoms with Gasteiger partial charge in [0.2, 0.25) is 5.91 Å². The fourth-order valence-corrected chi connectivity index (χ4v) is 1.52. The number of benzene rings is 1. The van der Waals surface area contributed by atoms with Gasteiger partial charge in [-0.2, -0.15) is 0 Å². The van der Waals surface area contributed by atoms with Gasteiger partial charge in [-0.1, -0.05) is 12.1 Å². The van der Waals surface area contributed by atoms with E-state index >= 15 is 0 Å². The van der Waals surface area contributed by atoms with E-state index in [0.29, 0.717) is 18.8 Å². The van der Waals surface area contributed by atoms with Crippen molar-refractivity contribution >= 4 is 28.5 Å². The summed E-state index contributed by atoms with van der Waals surface area (Å²) in [5.41, 5.74) is 5.66. The van der Waals surface area contributed by atoms with Crippen LogP contribution in [0.4, 0.5) is 0 Å². The first-order valence-corrected chi connectivity index (χ1v) is 5.94. The highest BCUT2D eigenvalue weighted by Crippen LogP contribution is 2.09. The maximum absolute atomic E-state index is 10.6. The fraction of sp³-hybridized carbons (Fsp3) is 0.364. The molecule has 1 aromatic rings. The van der Waals surface area contributed by atoms with Gasteiger partial charge < -0.3 is 15.6 Å². The zero-order valence-corrected chi connectivity index (χ0v) is 11.3. The smallest absolute Gasteiger partial charge is 0.249 e. The Morgan fingerprint density at radius 2 is 2.12 bits per heavy atom. The molecular weight excluding hydrogens is 321 g/mol. The number of aliphatic hydroxyl groups excluding tert-OH is 1. The predicted octanol–water partition coefficient (Wildman–Crippen LogP) is 1.41. The summed E-state index contributed by atoms with van der Waals surface area (Å²) in [6.07, 6.45) is 0. The summed E-state index contributed by atoms with van der Waals surface area (Å²) in [5.74, 6) is -0.370. The highest BCUT2D eigenvalue weighted by Gasteiger charge is 2.01. The molecule has 1 amide bonds. The number of hydrogen-bond donors (Lipinski definition) is 2. The monoisotopic (exact) mass is 337 g/mol. The Labute approximate surface area is 109 Å². The van der Waals surface area contributed by atoms with Crippen LogP contribution in [0.5, 0.6) is 0 Å². The summed E-state index contributed by atoms with van der Waals surface area (Å²) >= 11 is 2.07. The summed E-state index contributed by atoms with van der Waals surface area (Å²) in [5, 5.41) is 8.07. The molecule has 0 spiro atoms. The quantitative estimate of drug-likeness (QED) is 0.645. The van der Waals surface area contributed by atoms with Gasteiger partial charge in [0.05, 0.1) is 18.8 Å². The van der Waals surface area contributed by atoms with Gasteiger partial charge in [-0.3, -0.25) is 4.79 Å². The van der Waals surface area contributed by atoms with E-state index in [2.05, 4.69) is 22.6 Å². The second-order valence-electron chi connectivity index (χ2n) is 2.76. The predicted molar refractivity (Wildman–Crippen MR) is 71.3 cm³/mol. The van der Waals surface area contributed by atoms with Crippen molar-refractivity contribution in [1.82, 2.24) is 0 Å². The Hall–Kier alpha value is -0.660. The van der Waals surface area contributed by atoms with Gasteiger partial charge in [-0.25, -0.2) is 0 Å². The number of halogens is 1. The highest BCUT2D eigenvalue weighted by molar-refractivity contribution is 14.1. The molecule has 90 valence electrons. The molecule has 16 heavy (non-hydrogen) atoms. The van der Waals surface area contributed by atoms with E-state index in [4.69, 9.17) is 15.6 Å². The molecule has 0 saturated carbocycles. The minimum absolute atomic E-state index is 0.133. The van der Waals surface area contributed by atoms with E-state index in [1.54, 1.807) is 12.1 Å². The molecule has 0 unspecified atom stereocenters. The van der Waals surface area contributed by atoms with Crippen LogP contribution < -0.4 is 5.73 Å². The molecule has 0 aromatic heterocycles. The van der Waals surface area contributed by atoms with E-state index in [1.807, 2.05) is 19.1 Å².